The Hall–Kier alpha value is -3.36. The number of nitrogens with one attached hydrogen (secondary N) is 1. The number of carboxylic acids is 1. The van der Waals surface area contributed by atoms with Crippen molar-refractivity contribution < 1.29 is 47.2 Å². The molecule has 2 aliphatic rings. The van der Waals surface area contributed by atoms with E-state index in [9.17, 15) is 27.9 Å². The number of aliphatic hydroxyl groups excluding tert-OH is 1. The monoisotopic (exact) mass is 456 g/mol. The molecule has 3 N–H and O–H groups in total. The van der Waals surface area contributed by atoms with Crippen molar-refractivity contribution in [3.63, 3.8) is 0 Å². The standard InChI is InChI=1S/C18H15F3N4O7/c19-18(20,21)9-2-1-3-10(22-9)23-12-13(26)14(27)17(7-31-16(12)32-17)6-30-11-5-4-8(15(28)29)24-25-11/h1-5,12,14,16,27H,6-7H2,(H,22,23)(H,28,29)/t12-,14-,16+,17+/m1/s1. The molecule has 0 unspecified atom stereocenters. The quantitative estimate of drug-likeness (QED) is 0.557. The Kier molecular flexibility index (Phi) is 5.44. The molecule has 4 atom stereocenters. The first-order chi connectivity index (χ1) is 15.1. The van der Waals surface area contributed by atoms with Gasteiger partial charge in [-0.1, -0.05) is 6.07 Å². The van der Waals surface area contributed by atoms with Gasteiger partial charge in [-0.05, 0) is 18.2 Å². The van der Waals surface area contributed by atoms with Crippen LogP contribution in [0.3, 0.4) is 0 Å². The highest BCUT2D eigenvalue weighted by Crippen LogP contribution is 2.37. The number of aromatic carboxylic acids is 1. The molecule has 2 aromatic heterocycles. The molecule has 0 radical (unpaired) electrons. The molecule has 32 heavy (non-hydrogen) atoms. The fourth-order valence-corrected chi connectivity index (χ4v) is 3.23. The summed E-state index contributed by atoms with van der Waals surface area (Å²) in [6, 6.07) is 4.20. The zero-order chi connectivity index (χ0) is 23.1. The smallest absolute Gasteiger partial charge is 0.433 e. The Morgan fingerprint density at radius 2 is 2.06 bits per heavy atom. The lowest BCUT2D eigenvalue weighted by atomic mass is 9.89. The third-order valence-electron chi connectivity index (χ3n) is 4.86. The number of ether oxygens (including phenoxy) is 3. The molecule has 0 saturated carbocycles. The minimum atomic E-state index is -4.67. The van der Waals surface area contributed by atoms with E-state index in [4.69, 9.17) is 19.3 Å². The van der Waals surface area contributed by atoms with Gasteiger partial charge in [0.2, 0.25) is 5.88 Å². The van der Waals surface area contributed by atoms with E-state index in [0.717, 1.165) is 18.2 Å². The summed E-state index contributed by atoms with van der Waals surface area (Å²) in [5, 5.41) is 28.9. The van der Waals surface area contributed by atoms with Crippen molar-refractivity contribution in [1.29, 1.82) is 0 Å². The third-order valence-corrected chi connectivity index (χ3v) is 4.86. The molecule has 2 bridgehead atoms. The molecule has 11 nitrogen and oxygen atoms in total. The van der Waals surface area contributed by atoms with Gasteiger partial charge in [0, 0.05) is 6.07 Å². The fourth-order valence-electron chi connectivity index (χ4n) is 3.23. The number of fused-ring (bicyclic) bond motifs is 2. The first-order valence-corrected chi connectivity index (χ1v) is 9.11. The number of carbonyl (C=O) groups is 2. The summed E-state index contributed by atoms with van der Waals surface area (Å²) >= 11 is 0. The second-order valence-corrected chi connectivity index (χ2v) is 7.05. The van der Waals surface area contributed by atoms with E-state index in [1.54, 1.807) is 0 Å². The molecule has 2 aliphatic heterocycles. The van der Waals surface area contributed by atoms with Gasteiger partial charge in [-0.3, -0.25) is 4.79 Å². The number of alkyl halides is 3. The molecular weight excluding hydrogens is 441 g/mol. The first kappa shape index (κ1) is 21.9. The van der Waals surface area contributed by atoms with Gasteiger partial charge in [0.15, 0.2) is 23.4 Å². The number of halogens is 3. The number of ketones is 1. The van der Waals surface area contributed by atoms with Gasteiger partial charge in [-0.2, -0.15) is 13.2 Å². The average Bonchev–Trinajstić information content (AvgIpc) is 3.16. The van der Waals surface area contributed by atoms with Gasteiger partial charge in [-0.15, -0.1) is 10.2 Å². The summed E-state index contributed by atoms with van der Waals surface area (Å²) in [4.78, 5) is 27.0. The van der Waals surface area contributed by atoms with Crippen LogP contribution in [0.5, 0.6) is 5.88 Å². The van der Waals surface area contributed by atoms with Crippen molar-refractivity contribution in [3.05, 3.63) is 41.7 Å². The molecular formula is C18H15F3N4O7. The van der Waals surface area contributed by atoms with Crippen LogP contribution in [0.25, 0.3) is 0 Å². The van der Waals surface area contributed by atoms with Crippen molar-refractivity contribution in [1.82, 2.24) is 15.2 Å². The number of hydrogen-bond donors (Lipinski definition) is 3. The number of aromatic nitrogens is 3. The molecule has 2 fully saturated rings. The normalized spacial score (nSPS) is 27.2. The van der Waals surface area contributed by atoms with Crippen LogP contribution in [-0.2, 0) is 20.4 Å². The zero-order valence-electron chi connectivity index (χ0n) is 15.9. The van der Waals surface area contributed by atoms with E-state index in [-0.39, 0.29) is 30.6 Å². The lowest BCUT2D eigenvalue weighted by Crippen LogP contribution is -2.62. The van der Waals surface area contributed by atoms with Gasteiger partial charge >= 0.3 is 12.1 Å². The van der Waals surface area contributed by atoms with Crippen molar-refractivity contribution in [3.8, 4) is 5.88 Å². The number of pyridine rings is 1. The lowest BCUT2D eigenvalue weighted by Gasteiger charge is -2.38. The number of aliphatic hydroxyl groups is 1. The Morgan fingerprint density at radius 1 is 1.28 bits per heavy atom. The summed E-state index contributed by atoms with van der Waals surface area (Å²) < 4.78 is 55.1. The molecule has 14 heteroatoms. The van der Waals surface area contributed by atoms with Crippen LogP contribution in [0, 0.1) is 0 Å². The third kappa shape index (κ3) is 4.06. The summed E-state index contributed by atoms with van der Waals surface area (Å²) in [7, 11) is 0. The topological polar surface area (TPSA) is 153 Å². The van der Waals surface area contributed by atoms with E-state index in [1.165, 1.54) is 12.1 Å². The summed E-state index contributed by atoms with van der Waals surface area (Å²) in [6.07, 6.45) is -7.63. The van der Waals surface area contributed by atoms with Crippen LogP contribution in [0.4, 0.5) is 19.0 Å². The molecule has 4 heterocycles. The lowest BCUT2D eigenvalue weighted by molar-refractivity contribution is -0.189. The molecule has 170 valence electrons. The molecule has 4 rings (SSSR count). The van der Waals surface area contributed by atoms with Crippen LogP contribution in [-0.4, -0.2) is 74.4 Å². The Bertz CT molecular complexity index is 1040. The number of hydrogen-bond acceptors (Lipinski definition) is 10. The maximum absolute atomic E-state index is 12.9. The molecule has 0 spiro atoms. The predicted octanol–water partition coefficient (Wildman–Crippen LogP) is 0.503. The minimum absolute atomic E-state index is 0.0792. The van der Waals surface area contributed by atoms with E-state index in [1.807, 2.05) is 0 Å². The largest absolute Gasteiger partial charge is 0.476 e. The van der Waals surface area contributed by atoms with Gasteiger partial charge < -0.3 is 29.7 Å². The second-order valence-electron chi connectivity index (χ2n) is 7.05. The van der Waals surface area contributed by atoms with Crippen molar-refractivity contribution in [2.45, 2.75) is 30.2 Å². The summed E-state index contributed by atoms with van der Waals surface area (Å²) in [5.41, 5.74) is -3.05. The number of Topliss-reactive ketones (excluding diaryl/α,β-unsaturated/α-hetero) is 1. The number of carbonyl (C=O) groups excluding carboxylic acids is 1. The number of nitrogens with zero attached hydrogens (tertiary/aromatic N) is 3. The Balaban J connectivity index is 1.45. The molecule has 0 amide bonds. The van der Waals surface area contributed by atoms with Crippen LogP contribution >= 0.6 is 0 Å². The van der Waals surface area contributed by atoms with Crippen LogP contribution in [0.2, 0.25) is 0 Å². The summed E-state index contributed by atoms with van der Waals surface area (Å²) in [5.74, 6) is -2.39. The maximum atomic E-state index is 12.9. The van der Waals surface area contributed by atoms with Crippen molar-refractivity contribution in [2.24, 2.45) is 0 Å². The van der Waals surface area contributed by atoms with Crippen LogP contribution in [0.1, 0.15) is 16.2 Å². The Labute approximate surface area is 177 Å². The highest BCUT2D eigenvalue weighted by Gasteiger charge is 2.60. The fraction of sp³-hybridized carbons (Fsp3) is 0.389. The molecule has 2 saturated heterocycles. The Morgan fingerprint density at radius 3 is 2.72 bits per heavy atom. The van der Waals surface area contributed by atoms with Crippen molar-refractivity contribution in [2.75, 3.05) is 18.5 Å². The van der Waals surface area contributed by atoms with Gasteiger partial charge in [-0.25, -0.2) is 9.78 Å². The minimum Gasteiger partial charge on any atom is -0.476 e. The second kappa shape index (κ2) is 7.96. The van der Waals surface area contributed by atoms with E-state index < -0.39 is 47.7 Å². The molecule has 0 aromatic carbocycles. The number of anilines is 1. The van der Waals surface area contributed by atoms with E-state index in [2.05, 4.69) is 20.5 Å². The predicted molar refractivity (Wildman–Crippen MR) is 95.7 cm³/mol. The molecule has 2 aromatic rings. The zero-order valence-corrected chi connectivity index (χ0v) is 15.9. The van der Waals surface area contributed by atoms with E-state index in [0.29, 0.717) is 0 Å². The van der Waals surface area contributed by atoms with Gasteiger partial charge in [0.05, 0.1) is 6.61 Å². The highest BCUT2D eigenvalue weighted by atomic mass is 19.4. The number of rotatable bonds is 6. The first-order valence-electron chi connectivity index (χ1n) is 9.11. The van der Waals surface area contributed by atoms with Crippen molar-refractivity contribution >= 4 is 17.6 Å². The van der Waals surface area contributed by atoms with Crippen LogP contribution < -0.4 is 10.1 Å². The highest BCUT2D eigenvalue weighted by molar-refractivity contribution is 5.93. The number of carboxylic acid groups (broad SMARTS) is 1. The van der Waals surface area contributed by atoms with Gasteiger partial charge in [0.1, 0.15) is 30.3 Å². The van der Waals surface area contributed by atoms with E-state index >= 15 is 0 Å². The maximum Gasteiger partial charge on any atom is 0.433 e. The van der Waals surface area contributed by atoms with Crippen LogP contribution in [0.15, 0.2) is 30.3 Å². The summed E-state index contributed by atoms with van der Waals surface area (Å²) in [6.45, 7) is -0.633. The SMILES string of the molecule is O=C(O)c1ccc(OC[C@@]23CO[C@@H](O2)[C@H](Nc2cccc(C(F)(F)F)n2)C(=O)[C@H]3O)nn1. The average molecular weight is 456 g/mol. The molecule has 0 aliphatic carbocycles. The van der Waals surface area contributed by atoms with Gasteiger partial charge in [0.25, 0.3) is 0 Å².